The van der Waals surface area contributed by atoms with Crippen LogP contribution in [0, 0.1) is 5.82 Å². The number of esters is 1. The average molecular weight is 379 g/mol. The normalized spacial score (nSPS) is 16.8. The molecule has 0 aromatic heterocycles. The molecule has 1 aliphatic rings. The van der Waals surface area contributed by atoms with Crippen LogP contribution in [0.15, 0.2) is 35.5 Å². The van der Waals surface area contributed by atoms with Crippen LogP contribution in [0.1, 0.15) is 20.3 Å². The van der Waals surface area contributed by atoms with Crippen LogP contribution >= 0.6 is 0 Å². The average Bonchev–Trinajstić information content (AvgIpc) is 2.63. The van der Waals surface area contributed by atoms with E-state index in [0.717, 1.165) is 0 Å². The van der Waals surface area contributed by atoms with Gasteiger partial charge in [-0.2, -0.15) is 0 Å². The minimum Gasteiger partial charge on any atom is -0.492 e. The van der Waals surface area contributed by atoms with Crippen molar-refractivity contribution in [2.24, 2.45) is 0 Å². The zero-order chi connectivity index (χ0) is 19.8. The van der Waals surface area contributed by atoms with Gasteiger partial charge >= 0.3 is 12.0 Å². The van der Waals surface area contributed by atoms with Gasteiger partial charge in [-0.05, 0) is 44.7 Å². The molecule has 0 radical (unpaired) electrons. The van der Waals surface area contributed by atoms with Crippen LogP contribution in [0.2, 0.25) is 0 Å². The molecule has 1 heterocycles. The predicted molar refractivity (Wildman–Crippen MR) is 98.8 cm³/mol. The third-order valence-electron chi connectivity index (χ3n) is 4.13. The SMILES string of the molecule is CCOC(=O)C1=C(CN(C)CCOc2ccc(F)cc2)NC(=O)NC1CC. The maximum absolute atomic E-state index is 12.9. The van der Waals surface area contributed by atoms with Gasteiger partial charge in [0.25, 0.3) is 0 Å². The monoisotopic (exact) mass is 379 g/mol. The Balaban J connectivity index is 2.00. The van der Waals surface area contributed by atoms with E-state index >= 15 is 0 Å². The summed E-state index contributed by atoms with van der Waals surface area (Å²) in [7, 11) is 1.86. The molecule has 1 aromatic rings. The van der Waals surface area contributed by atoms with Gasteiger partial charge in [0.2, 0.25) is 0 Å². The highest BCUT2D eigenvalue weighted by molar-refractivity contribution is 5.94. The summed E-state index contributed by atoms with van der Waals surface area (Å²) in [6.07, 6.45) is 0.586. The van der Waals surface area contributed by atoms with Crippen LogP contribution in [0.5, 0.6) is 5.75 Å². The molecule has 0 saturated carbocycles. The summed E-state index contributed by atoms with van der Waals surface area (Å²) >= 11 is 0. The molecule has 0 spiro atoms. The highest BCUT2D eigenvalue weighted by Gasteiger charge is 2.31. The Morgan fingerprint density at radius 1 is 1.26 bits per heavy atom. The summed E-state index contributed by atoms with van der Waals surface area (Å²) in [6.45, 7) is 5.21. The van der Waals surface area contributed by atoms with E-state index < -0.39 is 5.97 Å². The van der Waals surface area contributed by atoms with Gasteiger partial charge in [-0.1, -0.05) is 6.92 Å². The Morgan fingerprint density at radius 3 is 2.59 bits per heavy atom. The fraction of sp³-hybridized carbons (Fsp3) is 0.474. The Bertz CT molecular complexity index is 691. The van der Waals surface area contributed by atoms with Gasteiger partial charge in [-0.15, -0.1) is 0 Å². The number of carbonyl (C=O) groups is 2. The lowest BCUT2D eigenvalue weighted by Crippen LogP contribution is -2.52. The zero-order valence-electron chi connectivity index (χ0n) is 15.9. The minimum atomic E-state index is -0.428. The summed E-state index contributed by atoms with van der Waals surface area (Å²) in [5.74, 6) is -0.162. The summed E-state index contributed by atoms with van der Waals surface area (Å²) in [5.41, 5.74) is 0.985. The summed E-state index contributed by atoms with van der Waals surface area (Å²) in [5, 5.41) is 5.47. The standard InChI is InChI=1S/C19H26FN3O4/c1-4-15-17(18(24)26-5-2)16(22-19(25)21-15)12-23(3)10-11-27-14-8-6-13(20)7-9-14/h6-9,15H,4-5,10-12H2,1-3H3,(H2,21,22,25). The van der Waals surface area contributed by atoms with E-state index in [1.165, 1.54) is 12.1 Å². The number of likely N-dealkylation sites (N-methyl/N-ethyl adjacent to an activating group) is 1. The van der Waals surface area contributed by atoms with Crippen LogP contribution in [-0.2, 0) is 9.53 Å². The Hall–Kier alpha value is -2.61. The van der Waals surface area contributed by atoms with Crippen molar-refractivity contribution in [3.8, 4) is 5.75 Å². The predicted octanol–water partition coefficient (Wildman–Crippen LogP) is 2.04. The number of carbonyl (C=O) groups excluding carboxylic acids is 2. The smallest absolute Gasteiger partial charge is 0.337 e. The van der Waals surface area contributed by atoms with Crippen molar-refractivity contribution < 1.29 is 23.5 Å². The first-order chi connectivity index (χ1) is 12.9. The highest BCUT2D eigenvalue weighted by Crippen LogP contribution is 2.18. The molecule has 148 valence electrons. The van der Waals surface area contributed by atoms with Gasteiger partial charge < -0.3 is 20.1 Å². The van der Waals surface area contributed by atoms with E-state index in [4.69, 9.17) is 9.47 Å². The third kappa shape index (κ3) is 5.96. The Morgan fingerprint density at radius 2 is 1.96 bits per heavy atom. The number of amides is 2. The fourth-order valence-corrected chi connectivity index (χ4v) is 2.79. The van der Waals surface area contributed by atoms with Crippen molar-refractivity contribution in [1.82, 2.24) is 15.5 Å². The van der Waals surface area contributed by atoms with E-state index in [9.17, 15) is 14.0 Å². The molecule has 2 amide bonds. The molecule has 7 nitrogen and oxygen atoms in total. The Kier molecular flexibility index (Phi) is 7.60. The van der Waals surface area contributed by atoms with Crippen molar-refractivity contribution in [1.29, 1.82) is 0 Å². The molecule has 27 heavy (non-hydrogen) atoms. The first kappa shape index (κ1) is 20.7. The molecule has 0 fully saturated rings. The summed E-state index contributed by atoms with van der Waals surface area (Å²) in [4.78, 5) is 26.2. The van der Waals surface area contributed by atoms with Crippen molar-refractivity contribution in [3.63, 3.8) is 0 Å². The number of rotatable bonds is 9. The number of nitrogens with one attached hydrogen (secondary N) is 2. The highest BCUT2D eigenvalue weighted by atomic mass is 19.1. The van der Waals surface area contributed by atoms with Gasteiger partial charge in [0.05, 0.1) is 18.2 Å². The van der Waals surface area contributed by atoms with E-state index in [1.54, 1.807) is 19.1 Å². The number of nitrogens with zero attached hydrogens (tertiary/aromatic N) is 1. The Labute approximate surface area is 158 Å². The molecule has 1 atom stereocenters. The number of hydrogen-bond donors (Lipinski definition) is 2. The molecule has 1 unspecified atom stereocenters. The maximum Gasteiger partial charge on any atom is 0.337 e. The molecule has 1 aromatic carbocycles. The van der Waals surface area contributed by atoms with E-state index in [1.807, 2.05) is 18.9 Å². The lowest BCUT2D eigenvalue weighted by Gasteiger charge is -2.30. The number of urea groups is 1. The lowest BCUT2D eigenvalue weighted by molar-refractivity contribution is -0.139. The van der Waals surface area contributed by atoms with Crippen molar-refractivity contribution >= 4 is 12.0 Å². The second-order valence-electron chi connectivity index (χ2n) is 6.21. The van der Waals surface area contributed by atoms with Crippen LogP contribution in [0.25, 0.3) is 0 Å². The van der Waals surface area contributed by atoms with E-state index in [0.29, 0.717) is 43.1 Å². The second-order valence-corrected chi connectivity index (χ2v) is 6.21. The lowest BCUT2D eigenvalue weighted by atomic mass is 10.00. The molecular formula is C19H26FN3O4. The van der Waals surface area contributed by atoms with E-state index in [-0.39, 0.29) is 24.5 Å². The first-order valence-corrected chi connectivity index (χ1v) is 8.99. The first-order valence-electron chi connectivity index (χ1n) is 8.99. The quantitative estimate of drug-likeness (QED) is 0.642. The number of halogens is 1. The second kappa shape index (κ2) is 9.91. The summed E-state index contributed by atoms with van der Waals surface area (Å²) < 4.78 is 23.6. The van der Waals surface area contributed by atoms with Gasteiger partial charge in [0, 0.05) is 18.8 Å². The van der Waals surface area contributed by atoms with Gasteiger partial charge in [0.1, 0.15) is 18.2 Å². The van der Waals surface area contributed by atoms with Crippen LogP contribution in [-0.4, -0.2) is 56.3 Å². The van der Waals surface area contributed by atoms with Gasteiger partial charge in [-0.3, -0.25) is 4.90 Å². The molecule has 2 rings (SSSR count). The summed E-state index contributed by atoms with van der Waals surface area (Å²) in [6, 6.07) is 5.10. The van der Waals surface area contributed by atoms with Crippen molar-refractivity contribution in [3.05, 3.63) is 41.4 Å². The fourth-order valence-electron chi connectivity index (χ4n) is 2.79. The number of benzene rings is 1. The molecular weight excluding hydrogens is 353 g/mol. The number of ether oxygens (including phenoxy) is 2. The molecule has 8 heteroatoms. The van der Waals surface area contributed by atoms with E-state index in [2.05, 4.69) is 10.6 Å². The third-order valence-corrected chi connectivity index (χ3v) is 4.13. The van der Waals surface area contributed by atoms with Crippen molar-refractivity contribution in [2.45, 2.75) is 26.3 Å². The number of hydrogen-bond acceptors (Lipinski definition) is 5. The largest absolute Gasteiger partial charge is 0.492 e. The van der Waals surface area contributed by atoms with Gasteiger partial charge in [0.15, 0.2) is 0 Å². The van der Waals surface area contributed by atoms with Crippen molar-refractivity contribution in [2.75, 3.05) is 33.4 Å². The van der Waals surface area contributed by atoms with Crippen LogP contribution in [0.4, 0.5) is 9.18 Å². The molecule has 0 aliphatic carbocycles. The topological polar surface area (TPSA) is 79.9 Å². The van der Waals surface area contributed by atoms with Crippen LogP contribution < -0.4 is 15.4 Å². The molecule has 0 saturated heterocycles. The van der Waals surface area contributed by atoms with Crippen LogP contribution in [0.3, 0.4) is 0 Å². The minimum absolute atomic E-state index is 0.265. The molecule has 0 bridgehead atoms. The zero-order valence-corrected chi connectivity index (χ0v) is 15.9. The molecule has 2 N–H and O–H groups in total. The molecule has 1 aliphatic heterocycles. The van der Waals surface area contributed by atoms with Gasteiger partial charge in [-0.25, -0.2) is 14.0 Å². The maximum atomic E-state index is 12.9.